The molecule has 0 fully saturated rings. The third kappa shape index (κ3) is 3.38. The molecule has 0 saturated carbocycles. The topological polar surface area (TPSA) is 29.1 Å². The van der Waals surface area contributed by atoms with E-state index in [1.807, 2.05) is 24.3 Å². The molecule has 1 aromatic rings. The first-order valence-corrected chi connectivity index (χ1v) is 4.98. The largest absolute Gasteiger partial charge is 0.493 e. The third-order valence-electron chi connectivity index (χ3n) is 1.91. The van der Waals surface area contributed by atoms with Gasteiger partial charge in [0.1, 0.15) is 11.9 Å². The summed E-state index contributed by atoms with van der Waals surface area (Å²) >= 11 is 0. The molecule has 0 bridgehead atoms. The van der Waals surface area contributed by atoms with Crippen molar-refractivity contribution in [1.82, 2.24) is 0 Å². The zero-order chi connectivity index (χ0) is 10.6. The van der Waals surface area contributed by atoms with Crippen LogP contribution in [0.5, 0.6) is 5.75 Å². The maximum atomic E-state index is 11.2. The van der Waals surface area contributed by atoms with Gasteiger partial charge in [0, 0.05) is 0 Å². The van der Waals surface area contributed by atoms with Crippen LogP contribution in [0.4, 0.5) is 0 Å². The Morgan fingerprint density at radius 2 is 2.00 bits per heavy atom. The zero-order valence-electron chi connectivity index (χ0n) is 8.99. The first-order chi connectivity index (χ1) is 6.59. The first kappa shape index (κ1) is 11.1. The van der Waals surface area contributed by atoms with Gasteiger partial charge in [0.05, 0.1) is 6.61 Å². The molecule has 1 aromatic carbocycles. The lowest BCUT2D eigenvalue weighted by molar-refractivity contribution is 0.106. The standard InChI is InChI=1S/C12H17O2/c1-9(2)8-14-12-6-4-5-11(7-12)10(3)13/h4-7,9-10H,8H2,1-3H3. The van der Waals surface area contributed by atoms with Gasteiger partial charge in [-0.15, -0.1) is 0 Å². The maximum absolute atomic E-state index is 11.2. The highest BCUT2D eigenvalue weighted by atomic mass is 16.5. The predicted octanol–water partition coefficient (Wildman–Crippen LogP) is 3.21. The molecule has 0 aliphatic heterocycles. The average molecular weight is 193 g/mol. The number of ether oxygens (including phenoxy) is 1. The summed E-state index contributed by atoms with van der Waals surface area (Å²) in [6, 6.07) is 7.40. The van der Waals surface area contributed by atoms with E-state index in [-0.39, 0.29) is 0 Å². The number of rotatable bonds is 4. The minimum atomic E-state index is -0.683. The monoisotopic (exact) mass is 193 g/mol. The van der Waals surface area contributed by atoms with Crippen LogP contribution >= 0.6 is 0 Å². The van der Waals surface area contributed by atoms with Crippen molar-refractivity contribution in [3.8, 4) is 5.75 Å². The van der Waals surface area contributed by atoms with Crippen LogP contribution in [-0.2, 0) is 5.11 Å². The van der Waals surface area contributed by atoms with Crippen LogP contribution in [0.25, 0.3) is 0 Å². The fraction of sp³-hybridized carbons (Fsp3) is 0.500. The van der Waals surface area contributed by atoms with Crippen LogP contribution in [0.1, 0.15) is 32.4 Å². The Morgan fingerprint density at radius 1 is 1.29 bits per heavy atom. The van der Waals surface area contributed by atoms with Crippen molar-refractivity contribution in [1.29, 1.82) is 0 Å². The molecule has 1 unspecified atom stereocenters. The molecule has 1 atom stereocenters. The normalized spacial score (nSPS) is 12.9. The molecular weight excluding hydrogens is 176 g/mol. The minimum Gasteiger partial charge on any atom is -0.493 e. The molecular formula is C12H17O2. The van der Waals surface area contributed by atoms with Crippen molar-refractivity contribution in [2.45, 2.75) is 26.9 Å². The van der Waals surface area contributed by atoms with Crippen LogP contribution < -0.4 is 4.74 Å². The van der Waals surface area contributed by atoms with Crippen molar-refractivity contribution < 1.29 is 9.84 Å². The van der Waals surface area contributed by atoms with E-state index in [1.165, 1.54) is 0 Å². The predicted molar refractivity (Wildman–Crippen MR) is 55.9 cm³/mol. The quantitative estimate of drug-likeness (QED) is 0.721. The highest BCUT2D eigenvalue weighted by molar-refractivity contribution is 5.29. The van der Waals surface area contributed by atoms with Crippen LogP contribution in [0.2, 0.25) is 0 Å². The van der Waals surface area contributed by atoms with E-state index >= 15 is 0 Å². The van der Waals surface area contributed by atoms with E-state index in [0.717, 1.165) is 11.3 Å². The molecule has 2 nitrogen and oxygen atoms in total. The minimum absolute atomic E-state index is 0.503. The molecule has 0 N–H and O–H groups in total. The molecule has 14 heavy (non-hydrogen) atoms. The summed E-state index contributed by atoms with van der Waals surface area (Å²) in [6.07, 6.45) is -0.683. The molecule has 0 heterocycles. The van der Waals surface area contributed by atoms with Crippen LogP contribution in [-0.4, -0.2) is 6.61 Å². The fourth-order valence-electron chi connectivity index (χ4n) is 1.12. The second-order valence-corrected chi connectivity index (χ2v) is 3.92. The lowest BCUT2D eigenvalue weighted by atomic mass is 10.1. The van der Waals surface area contributed by atoms with Crippen LogP contribution in [0, 0.1) is 5.92 Å². The zero-order valence-corrected chi connectivity index (χ0v) is 8.99. The number of hydrogen-bond donors (Lipinski definition) is 0. The highest BCUT2D eigenvalue weighted by Crippen LogP contribution is 2.19. The number of benzene rings is 1. The molecule has 1 rings (SSSR count). The van der Waals surface area contributed by atoms with E-state index in [9.17, 15) is 5.11 Å². The summed E-state index contributed by atoms with van der Waals surface area (Å²) < 4.78 is 5.52. The summed E-state index contributed by atoms with van der Waals surface area (Å²) in [7, 11) is 0. The Balaban J connectivity index is 2.64. The second-order valence-electron chi connectivity index (χ2n) is 3.92. The molecule has 0 aliphatic carbocycles. The highest BCUT2D eigenvalue weighted by Gasteiger charge is 2.04. The van der Waals surface area contributed by atoms with Gasteiger partial charge in [-0.05, 0) is 30.5 Å². The Bertz CT molecular complexity index is 279. The summed E-state index contributed by atoms with van der Waals surface area (Å²) in [5.74, 6) is 1.29. The Labute approximate surface area is 85.5 Å². The summed E-state index contributed by atoms with van der Waals surface area (Å²) in [4.78, 5) is 0. The molecule has 0 aromatic heterocycles. The van der Waals surface area contributed by atoms with Gasteiger partial charge in [0.15, 0.2) is 0 Å². The third-order valence-corrected chi connectivity index (χ3v) is 1.91. The Kier molecular flexibility index (Phi) is 3.96. The van der Waals surface area contributed by atoms with E-state index in [0.29, 0.717) is 12.5 Å². The van der Waals surface area contributed by atoms with Crippen molar-refractivity contribution >= 4 is 0 Å². The molecule has 0 aliphatic rings. The van der Waals surface area contributed by atoms with E-state index in [1.54, 1.807) is 6.92 Å². The van der Waals surface area contributed by atoms with Gasteiger partial charge in [0.25, 0.3) is 0 Å². The molecule has 0 amide bonds. The smallest absolute Gasteiger partial charge is 0.119 e. The van der Waals surface area contributed by atoms with Gasteiger partial charge in [-0.1, -0.05) is 26.0 Å². The Morgan fingerprint density at radius 3 is 2.57 bits per heavy atom. The van der Waals surface area contributed by atoms with Gasteiger partial charge in [0.2, 0.25) is 0 Å². The van der Waals surface area contributed by atoms with Crippen molar-refractivity contribution in [2.24, 2.45) is 5.92 Å². The molecule has 0 spiro atoms. The molecule has 1 radical (unpaired) electrons. The summed E-state index contributed by atoms with van der Waals surface area (Å²) in [6.45, 7) is 6.53. The second kappa shape index (κ2) is 5.01. The lowest BCUT2D eigenvalue weighted by Crippen LogP contribution is -2.04. The lowest BCUT2D eigenvalue weighted by Gasteiger charge is -2.10. The average Bonchev–Trinajstić information content (AvgIpc) is 2.15. The Hall–Kier alpha value is -1.02. The molecule has 2 heteroatoms. The SMILES string of the molecule is CC(C)COc1cccc(C(C)[O])c1. The van der Waals surface area contributed by atoms with E-state index in [2.05, 4.69) is 13.8 Å². The van der Waals surface area contributed by atoms with E-state index < -0.39 is 6.10 Å². The maximum Gasteiger partial charge on any atom is 0.119 e. The van der Waals surface area contributed by atoms with Gasteiger partial charge in [-0.25, -0.2) is 5.11 Å². The molecule has 0 saturated heterocycles. The van der Waals surface area contributed by atoms with Gasteiger partial charge in [-0.3, -0.25) is 0 Å². The van der Waals surface area contributed by atoms with Gasteiger partial charge in [-0.2, -0.15) is 0 Å². The van der Waals surface area contributed by atoms with Gasteiger partial charge < -0.3 is 4.74 Å². The van der Waals surface area contributed by atoms with Crippen molar-refractivity contribution in [3.63, 3.8) is 0 Å². The van der Waals surface area contributed by atoms with Crippen LogP contribution in [0.15, 0.2) is 24.3 Å². The fourth-order valence-corrected chi connectivity index (χ4v) is 1.12. The van der Waals surface area contributed by atoms with Gasteiger partial charge >= 0.3 is 0 Å². The first-order valence-electron chi connectivity index (χ1n) is 4.98. The number of hydrogen-bond acceptors (Lipinski definition) is 1. The molecule has 77 valence electrons. The van der Waals surface area contributed by atoms with Crippen LogP contribution in [0.3, 0.4) is 0 Å². The summed E-state index contributed by atoms with van der Waals surface area (Å²) in [5, 5.41) is 11.2. The van der Waals surface area contributed by atoms with E-state index in [4.69, 9.17) is 4.74 Å². The van der Waals surface area contributed by atoms with Crippen molar-refractivity contribution in [3.05, 3.63) is 29.8 Å². The summed E-state index contributed by atoms with van der Waals surface area (Å²) in [5.41, 5.74) is 0.784. The van der Waals surface area contributed by atoms with Crippen molar-refractivity contribution in [2.75, 3.05) is 6.61 Å².